The molecule has 1 unspecified atom stereocenters. The van der Waals surface area contributed by atoms with Gasteiger partial charge in [-0.2, -0.15) is 0 Å². The number of rotatable bonds is 5. The molecule has 2 aliphatic heterocycles. The summed E-state index contributed by atoms with van der Waals surface area (Å²) in [6.07, 6.45) is 6.02. The standard InChI is InChI=1S/C19H26Cl2N2O/c20-17-2-3-18(21)16(12-17)11-14-6-9-23(10-7-14)19(24)4-1-15-5-8-22-13-15/h2-3,12,14-15,22H,1,4-11,13H2. The van der Waals surface area contributed by atoms with Gasteiger partial charge in [0, 0.05) is 29.6 Å². The fraction of sp³-hybridized carbons (Fsp3) is 0.632. The maximum absolute atomic E-state index is 12.4. The van der Waals surface area contributed by atoms with Gasteiger partial charge >= 0.3 is 0 Å². The maximum atomic E-state index is 12.4. The Bertz CT molecular complexity index is 564. The van der Waals surface area contributed by atoms with Gasteiger partial charge in [0.25, 0.3) is 0 Å². The van der Waals surface area contributed by atoms with E-state index < -0.39 is 0 Å². The number of likely N-dealkylation sites (tertiary alicyclic amines) is 1. The van der Waals surface area contributed by atoms with E-state index in [0.717, 1.165) is 67.5 Å². The predicted molar refractivity (Wildman–Crippen MR) is 99.7 cm³/mol. The molecule has 0 bridgehead atoms. The van der Waals surface area contributed by atoms with Gasteiger partial charge in [0.15, 0.2) is 0 Å². The largest absolute Gasteiger partial charge is 0.343 e. The number of halogens is 2. The molecule has 0 spiro atoms. The summed E-state index contributed by atoms with van der Waals surface area (Å²) in [6, 6.07) is 5.67. The van der Waals surface area contributed by atoms with Crippen molar-refractivity contribution in [1.82, 2.24) is 10.2 Å². The van der Waals surface area contributed by atoms with Gasteiger partial charge in [-0.1, -0.05) is 23.2 Å². The van der Waals surface area contributed by atoms with Crippen molar-refractivity contribution in [2.24, 2.45) is 11.8 Å². The van der Waals surface area contributed by atoms with Crippen LogP contribution in [0.5, 0.6) is 0 Å². The number of carbonyl (C=O) groups is 1. The minimum atomic E-state index is 0.334. The summed E-state index contributed by atoms with van der Waals surface area (Å²) < 4.78 is 0. The summed E-state index contributed by atoms with van der Waals surface area (Å²) in [4.78, 5) is 14.4. The average molecular weight is 369 g/mol. The van der Waals surface area contributed by atoms with Gasteiger partial charge in [-0.25, -0.2) is 0 Å². The number of nitrogens with one attached hydrogen (secondary N) is 1. The Balaban J connectivity index is 1.43. The molecule has 1 N–H and O–H groups in total. The maximum Gasteiger partial charge on any atom is 0.222 e. The molecule has 1 amide bonds. The van der Waals surface area contributed by atoms with Crippen LogP contribution in [0.3, 0.4) is 0 Å². The minimum Gasteiger partial charge on any atom is -0.343 e. The molecular formula is C19H26Cl2N2O. The van der Waals surface area contributed by atoms with Crippen LogP contribution in [0.15, 0.2) is 18.2 Å². The fourth-order valence-corrected chi connectivity index (χ4v) is 4.23. The lowest BCUT2D eigenvalue weighted by Gasteiger charge is -2.32. The number of amides is 1. The Morgan fingerprint density at radius 3 is 2.67 bits per heavy atom. The molecule has 2 aliphatic rings. The molecule has 0 saturated carbocycles. The Kier molecular flexibility index (Phi) is 6.43. The molecule has 2 saturated heterocycles. The molecule has 0 aliphatic carbocycles. The van der Waals surface area contributed by atoms with Crippen LogP contribution in [0.25, 0.3) is 0 Å². The zero-order chi connectivity index (χ0) is 16.9. The SMILES string of the molecule is O=C(CCC1CCNC1)N1CCC(Cc2cc(Cl)ccc2Cl)CC1. The minimum absolute atomic E-state index is 0.334. The van der Waals surface area contributed by atoms with Gasteiger partial charge < -0.3 is 10.2 Å². The van der Waals surface area contributed by atoms with Crippen molar-refractivity contribution in [2.45, 2.75) is 38.5 Å². The Morgan fingerprint density at radius 2 is 1.96 bits per heavy atom. The highest BCUT2D eigenvalue weighted by atomic mass is 35.5. The first-order chi connectivity index (χ1) is 11.6. The topological polar surface area (TPSA) is 32.3 Å². The van der Waals surface area contributed by atoms with Gasteiger partial charge in [0.05, 0.1) is 0 Å². The number of benzene rings is 1. The molecule has 1 atom stereocenters. The van der Waals surface area contributed by atoms with Crippen LogP contribution < -0.4 is 5.32 Å². The number of piperidine rings is 1. The van der Waals surface area contributed by atoms with Crippen molar-refractivity contribution in [1.29, 1.82) is 0 Å². The zero-order valence-corrected chi connectivity index (χ0v) is 15.6. The number of carbonyl (C=O) groups excluding carboxylic acids is 1. The molecule has 5 heteroatoms. The molecule has 2 heterocycles. The van der Waals surface area contributed by atoms with E-state index in [4.69, 9.17) is 23.2 Å². The second-order valence-corrected chi connectivity index (χ2v) is 8.01. The lowest BCUT2D eigenvalue weighted by Crippen LogP contribution is -2.39. The van der Waals surface area contributed by atoms with Crippen LogP contribution in [0.1, 0.15) is 37.7 Å². The molecule has 2 fully saturated rings. The Morgan fingerprint density at radius 1 is 1.17 bits per heavy atom. The van der Waals surface area contributed by atoms with Crippen molar-refractivity contribution in [3.05, 3.63) is 33.8 Å². The van der Waals surface area contributed by atoms with Crippen molar-refractivity contribution in [3.8, 4) is 0 Å². The third kappa shape index (κ3) is 4.87. The summed E-state index contributed by atoms with van der Waals surface area (Å²) in [7, 11) is 0. The van der Waals surface area contributed by atoms with Crippen LogP contribution in [0.4, 0.5) is 0 Å². The van der Waals surface area contributed by atoms with Crippen molar-refractivity contribution in [3.63, 3.8) is 0 Å². The molecule has 3 rings (SSSR count). The normalized spacial score (nSPS) is 22.1. The smallest absolute Gasteiger partial charge is 0.222 e. The van der Waals surface area contributed by atoms with Crippen molar-refractivity contribution in [2.75, 3.05) is 26.2 Å². The van der Waals surface area contributed by atoms with Crippen molar-refractivity contribution >= 4 is 29.1 Å². The lowest BCUT2D eigenvalue weighted by atomic mass is 9.90. The van der Waals surface area contributed by atoms with Gasteiger partial charge in [0.1, 0.15) is 0 Å². The third-order valence-electron chi connectivity index (χ3n) is 5.41. The van der Waals surface area contributed by atoms with E-state index in [2.05, 4.69) is 10.2 Å². The van der Waals surface area contributed by atoms with E-state index >= 15 is 0 Å². The summed E-state index contributed by atoms with van der Waals surface area (Å²) in [5.41, 5.74) is 1.13. The molecule has 24 heavy (non-hydrogen) atoms. The van der Waals surface area contributed by atoms with Crippen LogP contribution in [-0.2, 0) is 11.2 Å². The van der Waals surface area contributed by atoms with E-state index in [1.54, 1.807) is 0 Å². The molecule has 1 aromatic carbocycles. The molecule has 3 nitrogen and oxygen atoms in total. The Labute approximate surface area is 154 Å². The van der Waals surface area contributed by atoms with Crippen LogP contribution >= 0.6 is 23.2 Å². The summed E-state index contributed by atoms with van der Waals surface area (Å²) in [5.74, 6) is 1.61. The third-order valence-corrected chi connectivity index (χ3v) is 6.02. The van der Waals surface area contributed by atoms with E-state index in [1.807, 2.05) is 18.2 Å². The highest BCUT2D eigenvalue weighted by molar-refractivity contribution is 6.33. The van der Waals surface area contributed by atoms with Crippen molar-refractivity contribution < 1.29 is 4.79 Å². The molecule has 132 valence electrons. The number of hydrogen-bond donors (Lipinski definition) is 1. The van der Waals surface area contributed by atoms with Gasteiger partial charge in [-0.15, -0.1) is 0 Å². The summed E-state index contributed by atoms with van der Waals surface area (Å²) in [6.45, 7) is 3.95. The Hall–Kier alpha value is -0.770. The van der Waals surface area contributed by atoms with Gasteiger partial charge in [-0.3, -0.25) is 4.79 Å². The highest BCUT2D eigenvalue weighted by Gasteiger charge is 2.24. The first-order valence-electron chi connectivity index (χ1n) is 9.04. The van der Waals surface area contributed by atoms with E-state index in [0.29, 0.717) is 24.2 Å². The molecule has 0 aromatic heterocycles. The number of nitrogens with zero attached hydrogens (tertiary/aromatic N) is 1. The summed E-state index contributed by atoms with van der Waals surface area (Å²) >= 11 is 12.3. The van der Waals surface area contributed by atoms with Gasteiger partial charge in [0.2, 0.25) is 5.91 Å². The van der Waals surface area contributed by atoms with E-state index in [-0.39, 0.29) is 0 Å². The monoisotopic (exact) mass is 368 g/mol. The fourth-order valence-electron chi connectivity index (χ4n) is 3.84. The van der Waals surface area contributed by atoms with E-state index in [1.165, 1.54) is 6.42 Å². The quantitative estimate of drug-likeness (QED) is 0.845. The molecule has 1 aromatic rings. The number of hydrogen-bond acceptors (Lipinski definition) is 2. The first-order valence-corrected chi connectivity index (χ1v) is 9.80. The second kappa shape index (κ2) is 8.55. The van der Waals surface area contributed by atoms with E-state index in [9.17, 15) is 4.79 Å². The van der Waals surface area contributed by atoms with Crippen LogP contribution in [-0.4, -0.2) is 37.0 Å². The summed E-state index contributed by atoms with van der Waals surface area (Å²) in [5, 5.41) is 4.90. The molecular weight excluding hydrogens is 343 g/mol. The second-order valence-electron chi connectivity index (χ2n) is 7.16. The lowest BCUT2D eigenvalue weighted by molar-refractivity contribution is -0.132. The van der Waals surface area contributed by atoms with Gasteiger partial charge in [-0.05, 0) is 80.8 Å². The van der Waals surface area contributed by atoms with Crippen LogP contribution in [0.2, 0.25) is 10.0 Å². The highest BCUT2D eigenvalue weighted by Crippen LogP contribution is 2.28. The van der Waals surface area contributed by atoms with Crippen LogP contribution in [0, 0.1) is 11.8 Å². The molecule has 0 radical (unpaired) electrons. The first kappa shape index (κ1) is 18.0. The average Bonchev–Trinajstić information content (AvgIpc) is 3.10. The zero-order valence-electron chi connectivity index (χ0n) is 14.1. The predicted octanol–water partition coefficient (Wildman–Crippen LogP) is 4.16.